The number of hydrogen-bond acceptors (Lipinski definition) is 4. The van der Waals surface area contributed by atoms with Crippen LogP contribution in [0, 0.1) is 13.8 Å². The summed E-state index contributed by atoms with van der Waals surface area (Å²) in [5.41, 5.74) is 2.96. The summed E-state index contributed by atoms with van der Waals surface area (Å²) in [4.78, 5) is 22.8. The highest BCUT2D eigenvalue weighted by Crippen LogP contribution is 2.24. The molecule has 2 rings (SSSR count). The van der Waals surface area contributed by atoms with E-state index in [-0.39, 0.29) is 18.1 Å². The van der Waals surface area contributed by atoms with Gasteiger partial charge in [0.25, 0.3) is 0 Å². The van der Waals surface area contributed by atoms with Crippen molar-refractivity contribution in [3.05, 3.63) is 35.0 Å². The number of hydrogen-bond donors (Lipinski definition) is 2. The summed E-state index contributed by atoms with van der Waals surface area (Å²) in [6.45, 7) is 3.82. The Morgan fingerprint density at radius 2 is 2.00 bits per heavy atom. The van der Waals surface area contributed by atoms with Gasteiger partial charge in [0, 0.05) is 12.6 Å². The number of carboxylic acid groups (broad SMARTS) is 1. The number of amides is 1. The lowest BCUT2D eigenvalue weighted by Gasteiger charge is -2.08. The molecule has 7 heteroatoms. The zero-order valence-corrected chi connectivity index (χ0v) is 12.0. The fraction of sp³-hybridized carbons (Fsp3) is 0.286. The van der Waals surface area contributed by atoms with Crippen LogP contribution in [0.1, 0.15) is 21.6 Å². The van der Waals surface area contributed by atoms with Crippen LogP contribution in [0.2, 0.25) is 0 Å². The van der Waals surface area contributed by atoms with E-state index < -0.39 is 5.97 Å². The fourth-order valence-electron chi connectivity index (χ4n) is 1.96. The third-order valence-electron chi connectivity index (χ3n) is 3.29. The van der Waals surface area contributed by atoms with Crippen LogP contribution in [0.5, 0.6) is 0 Å². The molecule has 1 aromatic carbocycles. The topological polar surface area (TPSA) is 97.1 Å². The van der Waals surface area contributed by atoms with E-state index in [1.54, 1.807) is 6.07 Å². The van der Waals surface area contributed by atoms with Crippen molar-refractivity contribution in [1.82, 2.24) is 20.3 Å². The van der Waals surface area contributed by atoms with Gasteiger partial charge in [0.15, 0.2) is 5.69 Å². The molecule has 0 unspecified atom stereocenters. The molecule has 0 aliphatic heterocycles. The number of nitrogens with zero attached hydrogens (tertiary/aromatic N) is 3. The smallest absolute Gasteiger partial charge is 0.358 e. The van der Waals surface area contributed by atoms with E-state index >= 15 is 0 Å². The number of carbonyl (C=O) groups excluding carboxylic acids is 1. The third-order valence-corrected chi connectivity index (χ3v) is 3.29. The molecule has 2 N–H and O–H groups in total. The Balaban J connectivity index is 2.57. The molecule has 0 radical (unpaired) electrons. The van der Waals surface area contributed by atoms with Gasteiger partial charge in [-0.05, 0) is 31.0 Å². The van der Waals surface area contributed by atoms with Crippen LogP contribution in [0.15, 0.2) is 18.2 Å². The molecule has 1 amide bonds. The van der Waals surface area contributed by atoms with Crippen molar-refractivity contribution in [3.8, 4) is 11.3 Å². The summed E-state index contributed by atoms with van der Waals surface area (Å²) in [7, 11) is 1.51. The van der Waals surface area contributed by atoms with Crippen LogP contribution in [0.4, 0.5) is 0 Å². The molecule has 0 atom stereocenters. The van der Waals surface area contributed by atoms with Crippen molar-refractivity contribution >= 4 is 11.9 Å². The molecule has 1 aromatic heterocycles. The highest BCUT2D eigenvalue weighted by atomic mass is 16.4. The van der Waals surface area contributed by atoms with E-state index in [9.17, 15) is 14.7 Å². The molecular formula is C14H16N4O3. The second-order valence-electron chi connectivity index (χ2n) is 4.72. The molecular weight excluding hydrogens is 272 g/mol. The van der Waals surface area contributed by atoms with E-state index in [2.05, 4.69) is 15.6 Å². The maximum Gasteiger partial charge on any atom is 0.358 e. The highest BCUT2D eigenvalue weighted by molar-refractivity contribution is 5.93. The Bertz CT molecular complexity index is 706. The summed E-state index contributed by atoms with van der Waals surface area (Å²) in [6.07, 6.45) is 0. The normalized spacial score (nSPS) is 10.4. The maximum absolute atomic E-state index is 11.5. The lowest BCUT2D eigenvalue weighted by atomic mass is 10.0. The van der Waals surface area contributed by atoms with Gasteiger partial charge < -0.3 is 10.4 Å². The number of likely N-dealkylation sites (N-methyl/N-ethyl adjacent to an activating group) is 1. The van der Waals surface area contributed by atoms with E-state index in [1.807, 2.05) is 26.0 Å². The molecule has 0 spiro atoms. The van der Waals surface area contributed by atoms with Crippen LogP contribution in [-0.2, 0) is 11.3 Å². The van der Waals surface area contributed by atoms with Gasteiger partial charge in [-0.25, -0.2) is 9.48 Å². The van der Waals surface area contributed by atoms with Crippen molar-refractivity contribution in [1.29, 1.82) is 0 Å². The minimum Gasteiger partial charge on any atom is -0.476 e. The van der Waals surface area contributed by atoms with Gasteiger partial charge in [-0.1, -0.05) is 17.3 Å². The van der Waals surface area contributed by atoms with E-state index in [0.717, 1.165) is 11.1 Å². The van der Waals surface area contributed by atoms with Crippen molar-refractivity contribution in [2.45, 2.75) is 20.4 Å². The fourth-order valence-corrected chi connectivity index (χ4v) is 1.96. The zero-order chi connectivity index (χ0) is 15.6. The highest BCUT2D eigenvalue weighted by Gasteiger charge is 2.21. The Morgan fingerprint density at radius 1 is 1.29 bits per heavy atom. The van der Waals surface area contributed by atoms with Crippen molar-refractivity contribution < 1.29 is 14.7 Å². The average molecular weight is 288 g/mol. The second kappa shape index (κ2) is 5.74. The first-order valence-corrected chi connectivity index (χ1v) is 6.39. The van der Waals surface area contributed by atoms with Gasteiger partial charge >= 0.3 is 5.97 Å². The lowest BCUT2D eigenvalue weighted by Crippen LogP contribution is -2.24. The van der Waals surface area contributed by atoms with Gasteiger partial charge in [-0.3, -0.25) is 4.79 Å². The van der Waals surface area contributed by atoms with E-state index in [0.29, 0.717) is 11.3 Å². The van der Waals surface area contributed by atoms with Crippen molar-refractivity contribution in [2.24, 2.45) is 0 Å². The van der Waals surface area contributed by atoms with Gasteiger partial charge in [-0.15, -0.1) is 5.10 Å². The number of rotatable bonds is 4. The standard InChI is InChI=1S/C14H16N4O3/c1-8-4-5-10(6-9(8)2)13-12(14(20)21)16-17-18(13)7-11(19)15-3/h4-6H,7H2,1-3H3,(H,15,19)(H,20,21). The Kier molecular flexibility index (Phi) is 4.02. The van der Waals surface area contributed by atoms with Crippen LogP contribution in [0.3, 0.4) is 0 Å². The summed E-state index contributed by atoms with van der Waals surface area (Å²) in [5.74, 6) is -1.45. The molecule has 7 nitrogen and oxygen atoms in total. The molecule has 110 valence electrons. The first kappa shape index (κ1) is 14.7. The summed E-state index contributed by atoms with van der Waals surface area (Å²) in [5, 5.41) is 19.2. The number of aromatic carboxylic acids is 1. The molecule has 0 aliphatic rings. The number of aryl methyl sites for hydroxylation is 2. The van der Waals surface area contributed by atoms with Gasteiger partial charge in [0.05, 0.1) is 0 Å². The summed E-state index contributed by atoms with van der Waals surface area (Å²) in [6, 6.07) is 5.56. The maximum atomic E-state index is 11.5. The summed E-state index contributed by atoms with van der Waals surface area (Å²) < 4.78 is 1.30. The molecule has 1 heterocycles. The molecule has 0 aliphatic carbocycles. The zero-order valence-electron chi connectivity index (χ0n) is 12.0. The van der Waals surface area contributed by atoms with Crippen LogP contribution in [0.25, 0.3) is 11.3 Å². The number of aromatic nitrogens is 3. The molecule has 0 saturated heterocycles. The number of nitrogens with one attached hydrogen (secondary N) is 1. The number of carboxylic acids is 1. The van der Waals surface area contributed by atoms with Crippen molar-refractivity contribution in [3.63, 3.8) is 0 Å². The van der Waals surface area contributed by atoms with E-state index in [4.69, 9.17) is 0 Å². The van der Waals surface area contributed by atoms with Gasteiger partial charge in [0.2, 0.25) is 5.91 Å². The van der Waals surface area contributed by atoms with Crippen LogP contribution >= 0.6 is 0 Å². The lowest BCUT2D eigenvalue weighted by molar-refractivity contribution is -0.121. The Hall–Kier alpha value is -2.70. The molecule has 0 saturated carbocycles. The van der Waals surface area contributed by atoms with Gasteiger partial charge in [0.1, 0.15) is 12.2 Å². The first-order valence-electron chi connectivity index (χ1n) is 6.39. The summed E-state index contributed by atoms with van der Waals surface area (Å²) >= 11 is 0. The average Bonchev–Trinajstić information content (AvgIpc) is 2.85. The Morgan fingerprint density at radius 3 is 2.57 bits per heavy atom. The Labute approximate surface area is 121 Å². The van der Waals surface area contributed by atoms with Gasteiger partial charge in [-0.2, -0.15) is 0 Å². The quantitative estimate of drug-likeness (QED) is 0.875. The predicted octanol–water partition coefficient (Wildman–Crippen LogP) is 1.01. The largest absolute Gasteiger partial charge is 0.476 e. The first-order chi connectivity index (χ1) is 9.93. The van der Waals surface area contributed by atoms with Crippen LogP contribution in [-0.4, -0.2) is 39.0 Å². The molecule has 21 heavy (non-hydrogen) atoms. The molecule has 0 bridgehead atoms. The van der Waals surface area contributed by atoms with Crippen LogP contribution < -0.4 is 5.32 Å². The second-order valence-corrected chi connectivity index (χ2v) is 4.72. The molecule has 2 aromatic rings. The minimum atomic E-state index is -1.17. The SMILES string of the molecule is CNC(=O)Cn1nnc(C(=O)O)c1-c1ccc(C)c(C)c1. The predicted molar refractivity (Wildman–Crippen MR) is 76.0 cm³/mol. The number of benzene rings is 1. The molecule has 0 fully saturated rings. The number of carbonyl (C=O) groups is 2. The minimum absolute atomic E-state index is 0.0843. The third kappa shape index (κ3) is 2.91. The van der Waals surface area contributed by atoms with E-state index in [1.165, 1.54) is 11.7 Å². The monoisotopic (exact) mass is 288 g/mol. The van der Waals surface area contributed by atoms with Crippen molar-refractivity contribution in [2.75, 3.05) is 7.05 Å².